The van der Waals surface area contributed by atoms with E-state index in [0.29, 0.717) is 24.3 Å². The number of benzene rings is 3. The van der Waals surface area contributed by atoms with Crippen LogP contribution >= 0.6 is 0 Å². The maximum Gasteiger partial charge on any atom is 0.201 e. The van der Waals surface area contributed by atoms with Crippen molar-refractivity contribution in [3.8, 4) is 28.0 Å². The van der Waals surface area contributed by atoms with Gasteiger partial charge in [0.2, 0.25) is 5.82 Å². The summed E-state index contributed by atoms with van der Waals surface area (Å²) in [4.78, 5) is 0. The first kappa shape index (κ1) is 28.9. The van der Waals surface area contributed by atoms with Crippen LogP contribution in [0.1, 0.15) is 76.2 Å². The Hall–Kier alpha value is -3.05. The van der Waals surface area contributed by atoms with Gasteiger partial charge in [-0.05, 0) is 59.7 Å². The molecule has 0 N–H and O–H groups in total. The minimum absolute atomic E-state index is 0.0259. The summed E-state index contributed by atoms with van der Waals surface area (Å²) in [7, 11) is 0. The molecule has 3 aromatic rings. The highest BCUT2D eigenvalue weighted by atomic mass is 19.2. The van der Waals surface area contributed by atoms with E-state index < -0.39 is 11.6 Å². The molecular formula is C34H39F3O2. The van der Waals surface area contributed by atoms with Gasteiger partial charge >= 0.3 is 0 Å². The second-order valence-electron chi connectivity index (χ2n) is 10.4. The minimum atomic E-state index is -0.969. The molecule has 3 aromatic carbocycles. The number of ether oxygens (including phenoxy) is 2. The standard InChI is InChI=1S/C34H39F3O2/c1-3-5-6-7-8-9-10-21-38-32-20-19-30(33(36)34(32)37)25-13-11-24(12-14-25)26-16-18-29(31(35)22-26)27-15-17-28(4-2)39-23-27/h4,11-14,16,18-20,22,27-28H,2-3,5-10,15,17,21,23H2,1H3. The molecule has 0 spiro atoms. The van der Waals surface area contributed by atoms with E-state index in [-0.39, 0.29) is 29.2 Å². The Bertz CT molecular complexity index is 1210. The molecule has 1 heterocycles. The number of unbranched alkanes of at least 4 members (excludes halogenated alkanes) is 6. The lowest BCUT2D eigenvalue weighted by Gasteiger charge is -2.27. The summed E-state index contributed by atoms with van der Waals surface area (Å²) in [6, 6.07) is 15.3. The lowest BCUT2D eigenvalue weighted by atomic mass is 9.89. The van der Waals surface area contributed by atoms with Gasteiger partial charge in [0.25, 0.3) is 0 Å². The van der Waals surface area contributed by atoms with Crippen molar-refractivity contribution in [3.05, 3.63) is 90.3 Å². The van der Waals surface area contributed by atoms with Gasteiger partial charge in [-0.3, -0.25) is 0 Å². The zero-order valence-corrected chi connectivity index (χ0v) is 22.9. The Kier molecular flexibility index (Phi) is 10.7. The van der Waals surface area contributed by atoms with Gasteiger partial charge in [-0.25, -0.2) is 8.78 Å². The average Bonchev–Trinajstić information content (AvgIpc) is 2.97. The van der Waals surface area contributed by atoms with Gasteiger partial charge in [0.15, 0.2) is 11.6 Å². The van der Waals surface area contributed by atoms with Gasteiger partial charge in [-0.2, -0.15) is 4.39 Å². The molecular weight excluding hydrogens is 497 g/mol. The molecule has 0 bridgehead atoms. The van der Waals surface area contributed by atoms with Crippen molar-refractivity contribution in [3.63, 3.8) is 0 Å². The van der Waals surface area contributed by atoms with Gasteiger partial charge < -0.3 is 9.47 Å². The van der Waals surface area contributed by atoms with Crippen LogP contribution < -0.4 is 4.74 Å². The molecule has 2 unspecified atom stereocenters. The largest absolute Gasteiger partial charge is 0.490 e. The third-order valence-electron chi connectivity index (χ3n) is 7.60. The van der Waals surface area contributed by atoms with Crippen molar-refractivity contribution < 1.29 is 22.6 Å². The first-order chi connectivity index (χ1) is 19.0. The van der Waals surface area contributed by atoms with E-state index in [4.69, 9.17) is 9.47 Å². The molecule has 4 rings (SSSR count). The Labute approximate surface area is 230 Å². The number of hydrogen-bond donors (Lipinski definition) is 0. The molecule has 1 aliphatic heterocycles. The third kappa shape index (κ3) is 7.54. The van der Waals surface area contributed by atoms with Crippen LogP contribution in [0.5, 0.6) is 5.75 Å². The van der Waals surface area contributed by atoms with Gasteiger partial charge in [-0.15, -0.1) is 6.58 Å². The second-order valence-corrected chi connectivity index (χ2v) is 10.4. The molecule has 208 valence electrons. The fourth-order valence-corrected chi connectivity index (χ4v) is 5.19. The van der Waals surface area contributed by atoms with Crippen LogP contribution in [-0.2, 0) is 4.74 Å². The fourth-order valence-electron chi connectivity index (χ4n) is 5.19. The van der Waals surface area contributed by atoms with E-state index in [0.717, 1.165) is 43.2 Å². The molecule has 0 amide bonds. The Morgan fingerprint density at radius 3 is 2.18 bits per heavy atom. The van der Waals surface area contributed by atoms with Crippen molar-refractivity contribution in [2.75, 3.05) is 13.2 Å². The Morgan fingerprint density at radius 2 is 1.51 bits per heavy atom. The average molecular weight is 537 g/mol. The Balaban J connectivity index is 1.36. The summed E-state index contributed by atoms with van der Waals surface area (Å²) in [5.74, 6) is -2.19. The van der Waals surface area contributed by atoms with Crippen LogP contribution in [0.4, 0.5) is 13.2 Å². The van der Waals surface area contributed by atoms with Crippen molar-refractivity contribution in [2.24, 2.45) is 0 Å². The number of hydrogen-bond acceptors (Lipinski definition) is 2. The van der Waals surface area contributed by atoms with Crippen molar-refractivity contribution in [1.82, 2.24) is 0 Å². The maximum absolute atomic E-state index is 15.0. The zero-order valence-electron chi connectivity index (χ0n) is 22.9. The molecule has 2 atom stereocenters. The van der Waals surface area contributed by atoms with Crippen LogP contribution in [0.3, 0.4) is 0 Å². The summed E-state index contributed by atoms with van der Waals surface area (Å²) >= 11 is 0. The summed E-state index contributed by atoms with van der Waals surface area (Å²) in [6.07, 6.45) is 11.4. The van der Waals surface area contributed by atoms with Crippen LogP contribution in [-0.4, -0.2) is 19.3 Å². The first-order valence-electron chi connectivity index (χ1n) is 14.3. The van der Waals surface area contributed by atoms with Gasteiger partial charge in [0.05, 0.1) is 19.3 Å². The monoisotopic (exact) mass is 536 g/mol. The van der Waals surface area contributed by atoms with Crippen LogP contribution in [0.25, 0.3) is 22.3 Å². The van der Waals surface area contributed by atoms with Crippen LogP contribution in [0, 0.1) is 17.5 Å². The number of rotatable bonds is 13. The SMILES string of the molecule is C=CC1CCC(c2ccc(-c3ccc(-c4ccc(OCCCCCCCCC)c(F)c4F)cc3)cc2F)CO1. The summed E-state index contributed by atoms with van der Waals surface area (Å²) < 4.78 is 55.9. The molecule has 5 heteroatoms. The summed E-state index contributed by atoms with van der Waals surface area (Å²) in [5.41, 5.74) is 2.89. The summed E-state index contributed by atoms with van der Waals surface area (Å²) in [6.45, 7) is 6.81. The van der Waals surface area contributed by atoms with Crippen molar-refractivity contribution in [1.29, 1.82) is 0 Å². The van der Waals surface area contributed by atoms with E-state index in [9.17, 15) is 13.2 Å². The van der Waals surface area contributed by atoms with E-state index in [1.165, 1.54) is 37.8 Å². The Morgan fingerprint density at radius 1 is 0.821 bits per heavy atom. The second kappa shape index (κ2) is 14.4. The van der Waals surface area contributed by atoms with Crippen molar-refractivity contribution >= 4 is 0 Å². The predicted molar refractivity (Wildman–Crippen MR) is 153 cm³/mol. The molecule has 0 aromatic heterocycles. The van der Waals surface area contributed by atoms with E-state index in [1.54, 1.807) is 36.4 Å². The van der Waals surface area contributed by atoms with E-state index in [1.807, 2.05) is 12.1 Å². The van der Waals surface area contributed by atoms with Gasteiger partial charge in [0.1, 0.15) is 5.82 Å². The lowest BCUT2D eigenvalue weighted by Crippen LogP contribution is -2.23. The molecule has 0 aliphatic carbocycles. The molecule has 1 fully saturated rings. The quantitative estimate of drug-likeness (QED) is 0.160. The molecule has 0 saturated carbocycles. The maximum atomic E-state index is 15.0. The fraction of sp³-hybridized carbons (Fsp3) is 0.412. The van der Waals surface area contributed by atoms with Crippen LogP contribution in [0.2, 0.25) is 0 Å². The van der Waals surface area contributed by atoms with Crippen molar-refractivity contribution in [2.45, 2.75) is 76.7 Å². The molecule has 1 aliphatic rings. The topological polar surface area (TPSA) is 18.5 Å². The molecule has 2 nitrogen and oxygen atoms in total. The zero-order chi connectivity index (χ0) is 27.6. The lowest BCUT2D eigenvalue weighted by molar-refractivity contribution is 0.0321. The normalized spacial score (nSPS) is 17.2. The molecule has 1 saturated heterocycles. The van der Waals surface area contributed by atoms with E-state index >= 15 is 0 Å². The van der Waals surface area contributed by atoms with Crippen LogP contribution in [0.15, 0.2) is 67.3 Å². The highest BCUT2D eigenvalue weighted by Crippen LogP contribution is 2.34. The highest BCUT2D eigenvalue weighted by molar-refractivity contribution is 5.71. The smallest absolute Gasteiger partial charge is 0.201 e. The third-order valence-corrected chi connectivity index (χ3v) is 7.60. The predicted octanol–water partition coefficient (Wildman–Crippen LogP) is 10.0. The van der Waals surface area contributed by atoms with Gasteiger partial charge in [-0.1, -0.05) is 87.9 Å². The van der Waals surface area contributed by atoms with E-state index in [2.05, 4.69) is 13.5 Å². The molecule has 39 heavy (non-hydrogen) atoms. The minimum Gasteiger partial charge on any atom is -0.490 e. The van der Waals surface area contributed by atoms with Gasteiger partial charge in [0, 0.05) is 11.5 Å². The highest BCUT2D eigenvalue weighted by Gasteiger charge is 2.23. The summed E-state index contributed by atoms with van der Waals surface area (Å²) in [5, 5.41) is 0. The number of halogens is 3. The first-order valence-corrected chi connectivity index (χ1v) is 14.3. The molecule has 0 radical (unpaired) electrons.